The number of aliphatic imine (C=N–C) groups is 1. The summed E-state index contributed by atoms with van der Waals surface area (Å²) < 4.78 is 0. The molecule has 0 heterocycles. The van der Waals surface area contributed by atoms with E-state index in [0.717, 1.165) is 31.5 Å². The van der Waals surface area contributed by atoms with Gasteiger partial charge in [-0.3, -0.25) is 4.99 Å². The first-order valence-electron chi connectivity index (χ1n) is 9.34. The summed E-state index contributed by atoms with van der Waals surface area (Å²) in [7, 11) is 4.01. The molecule has 0 unspecified atom stereocenters. The van der Waals surface area contributed by atoms with Crippen LogP contribution in [0.5, 0.6) is 0 Å². The molecular weight excluding hydrogens is 296 g/mol. The maximum absolute atomic E-state index is 4.39. The Morgan fingerprint density at radius 2 is 1.92 bits per heavy atom. The maximum Gasteiger partial charge on any atom is 0.191 e. The standard InChI is InChI=1S/C20H34N4/c1-5-24(4)15-18-8-6-7-17(13-18)14-22-20(21-3)23-19-11-9-16(2)10-12-19/h6-8,13,16,19H,5,9-12,14-15H2,1-4H3,(H2,21,22,23). The molecule has 134 valence electrons. The molecule has 2 rings (SSSR count). The van der Waals surface area contributed by atoms with Crippen molar-refractivity contribution >= 4 is 5.96 Å². The first kappa shape index (κ1) is 18.8. The Hall–Kier alpha value is -1.55. The predicted molar refractivity (Wildman–Crippen MR) is 103 cm³/mol. The Bertz CT molecular complexity index is 518. The van der Waals surface area contributed by atoms with E-state index in [9.17, 15) is 0 Å². The molecule has 1 aliphatic rings. The van der Waals surface area contributed by atoms with Gasteiger partial charge in [0.15, 0.2) is 5.96 Å². The minimum Gasteiger partial charge on any atom is -0.354 e. The van der Waals surface area contributed by atoms with Crippen molar-refractivity contribution in [2.75, 3.05) is 20.6 Å². The van der Waals surface area contributed by atoms with Crippen molar-refractivity contribution in [1.29, 1.82) is 0 Å². The van der Waals surface area contributed by atoms with Crippen molar-refractivity contribution in [2.24, 2.45) is 10.9 Å². The summed E-state index contributed by atoms with van der Waals surface area (Å²) in [6, 6.07) is 9.38. The molecule has 0 atom stereocenters. The normalized spacial score (nSPS) is 21.8. The molecule has 1 aliphatic carbocycles. The van der Waals surface area contributed by atoms with Crippen LogP contribution in [0.3, 0.4) is 0 Å². The second-order valence-electron chi connectivity index (χ2n) is 7.18. The second kappa shape index (κ2) is 9.67. The zero-order valence-electron chi connectivity index (χ0n) is 15.8. The number of hydrogen-bond donors (Lipinski definition) is 2. The summed E-state index contributed by atoms with van der Waals surface area (Å²) in [5.41, 5.74) is 2.67. The molecular formula is C20H34N4. The highest BCUT2D eigenvalue weighted by atomic mass is 15.2. The van der Waals surface area contributed by atoms with Crippen LogP contribution in [0.15, 0.2) is 29.3 Å². The minimum absolute atomic E-state index is 0.567. The van der Waals surface area contributed by atoms with Gasteiger partial charge in [0, 0.05) is 26.2 Å². The summed E-state index contributed by atoms with van der Waals surface area (Å²) in [6.07, 6.45) is 5.14. The Morgan fingerprint density at radius 3 is 2.58 bits per heavy atom. The van der Waals surface area contributed by atoms with Crippen LogP contribution in [0.2, 0.25) is 0 Å². The number of nitrogens with zero attached hydrogens (tertiary/aromatic N) is 2. The van der Waals surface area contributed by atoms with Gasteiger partial charge < -0.3 is 15.5 Å². The van der Waals surface area contributed by atoms with Crippen molar-refractivity contribution in [2.45, 2.75) is 58.7 Å². The first-order valence-corrected chi connectivity index (χ1v) is 9.34. The molecule has 0 aromatic heterocycles. The molecule has 0 saturated heterocycles. The fourth-order valence-electron chi connectivity index (χ4n) is 3.24. The topological polar surface area (TPSA) is 39.7 Å². The average molecular weight is 331 g/mol. The first-order chi connectivity index (χ1) is 11.6. The Morgan fingerprint density at radius 1 is 1.21 bits per heavy atom. The van der Waals surface area contributed by atoms with E-state index in [2.05, 4.69) is 65.7 Å². The average Bonchev–Trinajstić information content (AvgIpc) is 2.60. The number of guanidine groups is 1. The van der Waals surface area contributed by atoms with Gasteiger partial charge in [-0.15, -0.1) is 0 Å². The van der Waals surface area contributed by atoms with Crippen LogP contribution in [-0.2, 0) is 13.1 Å². The van der Waals surface area contributed by atoms with Gasteiger partial charge in [0.05, 0.1) is 0 Å². The van der Waals surface area contributed by atoms with Crippen molar-refractivity contribution in [3.8, 4) is 0 Å². The molecule has 0 amide bonds. The summed E-state index contributed by atoms with van der Waals surface area (Å²) in [5, 5.41) is 7.05. The fourth-order valence-corrected chi connectivity index (χ4v) is 3.24. The molecule has 1 saturated carbocycles. The summed E-state index contributed by atoms with van der Waals surface area (Å²) >= 11 is 0. The monoisotopic (exact) mass is 330 g/mol. The molecule has 2 N–H and O–H groups in total. The maximum atomic E-state index is 4.39. The number of rotatable bonds is 6. The zero-order valence-corrected chi connectivity index (χ0v) is 15.8. The van der Waals surface area contributed by atoms with Crippen LogP contribution in [0.1, 0.15) is 50.7 Å². The molecule has 0 aliphatic heterocycles. The van der Waals surface area contributed by atoms with E-state index in [1.54, 1.807) is 0 Å². The van der Waals surface area contributed by atoms with Crippen LogP contribution in [0, 0.1) is 5.92 Å². The largest absolute Gasteiger partial charge is 0.354 e. The molecule has 0 spiro atoms. The molecule has 1 fully saturated rings. The molecule has 1 aromatic rings. The van der Waals surface area contributed by atoms with Crippen molar-refractivity contribution in [3.05, 3.63) is 35.4 Å². The number of hydrogen-bond acceptors (Lipinski definition) is 2. The van der Waals surface area contributed by atoms with Gasteiger partial charge in [-0.25, -0.2) is 0 Å². The Balaban J connectivity index is 1.83. The summed E-state index contributed by atoms with van der Waals surface area (Å²) in [4.78, 5) is 6.70. The molecule has 0 bridgehead atoms. The predicted octanol–water partition coefficient (Wildman–Crippen LogP) is 3.38. The quantitative estimate of drug-likeness (QED) is 0.620. The van der Waals surface area contributed by atoms with Crippen LogP contribution in [0.25, 0.3) is 0 Å². The number of benzene rings is 1. The second-order valence-corrected chi connectivity index (χ2v) is 7.18. The van der Waals surface area contributed by atoms with Gasteiger partial charge >= 0.3 is 0 Å². The fraction of sp³-hybridized carbons (Fsp3) is 0.650. The highest BCUT2D eigenvalue weighted by molar-refractivity contribution is 5.79. The van der Waals surface area contributed by atoms with Crippen LogP contribution in [0.4, 0.5) is 0 Å². The van der Waals surface area contributed by atoms with Crippen molar-refractivity contribution in [3.63, 3.8) is 0 Å². The van der Waals surface area contributed by atoms with E-state index in [4.69, 9.17) is 0 Å². The third-order valence-corrected chi connectivity index (χ3v) is 5.02. The summed E-state index contributed by atoms with van der Waals surface area (Å²) in [6.45, 7) is 7.42. The van der Waals surface area contributed by atoms with Crippen LogP contribution in [-0.4, -0.2) is 37.5 Å². The van der Waals surface area contributed by atoms with Gasteiger partial charge in [0.2, 0.25) is 0 Å². The van der Waals surface area contributed by atoms with E-state index in [0.29, 0.717) is 6.04 Å². The molecule has 4 heteroatoms. The van der Waals surface area contributed by atoms with Gasteiger partial charge in [-0.05, 0) is 56.3 Å². The SMILES string of the molecule is CCN(C)Cc1cccc(CNC(=NC)NC2CCC(C)CC2)c1. The minimum atomic E-state index is 0.567. The Kier molecular flexibility index (Phi) is 7.57. The highest BCUT2D eigenvalue weighted by Gasteiger charge is 2.18. The lowest BCUT2D eigenvalue weighted by molar-refractivity contribution is 0.329. The number of nitrogens with one attached hydrogen (secondary N) is 2. The zero-order chi connectivity index (χ0) is 17.4. The van der Waals surface area contributed by atoms with Crippen LogP contribution >= 0.6 is 0 Å². The van der Waals surface area contributed by atoms with E-state index in [-0.39, 0.29) is 0 Å². The van der Waals surface area contributed by atoms with Gasteiger partial charge in [0.25, 0.3) is 0 Å². The van der Waals surface area contributed by atoms with Crippen LogP contribution < -0.4 is 10.6 Å². The lowest BCUT2D eigenvalue weighted by Gasteiger charge is -2.28. The van der Waals surface area contributed by atoms with Gasteiger partial charge in [-0.2, -0.15) is 0 Å². The van der Waals surface area contributed by atoms with Gasteiger partial charge in [-0.1, -0.05) is 38.1 Å². The lowest BCUT2D eigenvalue weighted by atomic mass is 9.87. The molecule has 4 nitrogen and oxygen atoms in total. The third kappa shape index (κ3) is 6.16. The smallest absolute Gasteiger partial charge is 0.191 e. The Labute approximate surface area is 147 Å². The van der Waals surface area contributed by atoms with Gasteiger partial charge in [0.1, 0.15) is 0 Å². The molecule has 1 aromatic carbocycles. The third-order valence-electron chi connectivity index (χ3n) is 5.02. The van der Waals surface area contributed by atoms with E-state index < -0.39 is 0 Å². The summed E-state index contributed by atoms with van der Waals surface area (Å²) in [5.74, 6) is 1.80. The van der Waals surface area contributed by atoms with E-state index in [1.807, 2.05) is 7.05 Å². The van der Waals surface area contributed by atoms with Crippen molar-refractivity contribution < 1.29 is 0 Å². The molecule has 24 heavy (non-hydrogen) atoms. The van der Waals surface area contributed by atoms with E-state index >= 15 is 0 Å². The molecule has 0 radical (unpaired) electrons. The van der Waals surface area contributed by atoms with E-state index in [1.165, 1.54) is 36.8 Å². The highest BCUT2D eigenvalue weighted by Crippen LogP contribution is 2.23. The lowest BCUT2D eigenvalue weighted by Crippen LogP contribution is -2.44. The van der Waals surface area contributed by atoms with Crippen molar-refractivity contribution in [1.82, 2.24) is 15.5 Å².